The zero-order valence-corrected chi connectivity index (χ0v) is 13.0. The largest absolute Gasteiger partial charge is 0.444 e. The molecule has 0 atom stereocenters. The lowest BCUT2D eigenvalue weighted by molar-refractivity contribution is 0.0529. The number of amidine groups is 2. The topological polar surface area (TPSA) is 87.1 Å². The minimum absolute atomic E-state index is 0.415. The van der Waals surface area contributed by atoms with Gasteiger partial charge in [0.2, 0.25) is 0 Å². The number of carbonyl (C=O) groups is 1. The van der Waals surface area contributed by atoms with E-state index in [9.17, 15) is 4.79 Å². The average molecular weight is 303 g/mol. The number of hydrazone groups is 2. The van der Waals surface area contributed by atoms with Crippen molar-refractivity contribution in [2.75, 3.05) is 6.54 Å². The molecule has 2 rings (SSSR count). The molecule has 118 valence electrons. The number of carbonyl (C=O) groups excluding carboxylic acids is 1. The standard InChI is InChI=1S/C15H21N5O2/c1-15(2,3)22-14(21)16-10-9-12-17-19-13(20-18-12)11-7-5-4-6-8-11/h4-8H,9-10H2,1-3H3,(H,16,21)(H,17,18)(H,19,20). The highest BCUT2D eigenvalue weighted by Gasteiger charge is 2.16. The maximum atomic E-state index is 11.5. The highest BCUT2D eigenvalue weighted by Crippen LogP contribution is 2.06. The predicted molar refractivity (Wildman–Crippen MR) is 85.5 cm³/mol. The quantitative estimate of drug-likeness (QED) is 0.791. The Labute approximate surface area is 129 Å². The van der Waals surface area contributed by atoms with Gasteiger partial charge in [-0.05, 0) is 20.8 Å². The molecule has 3 N–H and O–H groups in total. The molecule has 1 aliphatic heterocycles. The van der Waals surface area contributed by atoms with Crippen molar-refractivity contribution in [2.24, 2.45) is 10.2 Å². The van der Waals surface area contributed by atoms with Gasteiger partial charge in [-0.25, -0.2) is 4.79 Å². The summed E-state index contributed by atoms with van der Waals surface area (Å²) in [6.45, 7) is 5.88. The van der Waals surface area contributed by atoms with E-state index in [-0.39, 0.29) is 0 Å². The van der Waals surface area contributed by atoms with Crippen LogP contribution in [0.4, 0.5) is 4.79 Å². The van der Waals surface area contributed by atoms with Crippen LogP contribution in [0.25, 0.3) is 0 Å². The van der Waals surface area contributed by atoms with Crippen molar-refractivity contribution in [1.82, 2.24) is 16.2 Å². The van der Waals surface area contributed by atoms with Crippen LogP contribution in [0.1, 0.15) is 32.8 Å². The Hall–Kier alpha value is -2.57. The van der Waals surface area contributed by atoms with Crippen molar-refractivity contribution in [3.05, 3.63) is 35.9 Å². The zero-order chi connectivity index (χ0) is 16.0. The van der Waals surface area contributed by atoms with Crippen molar-refractivity contribution in [1.29, 1.82) is 0 Å². The molecule has 1 aromatic carbocycles. The number of ether oxygens (including phenoxy) is 1. The highest BCUT2D eigenvalue weighted by atomic mass is 16.6. The maximum absolute atomic E-state index is 11.5. The van der Waals surface area contributed by atoms with E-state index in [1.807, 2.05) is 51.1 Å². The van der Waals surface area contributed by atoms with Crippen molar-refractivity contribution in [2.45, 2.75) is 32.8 Å². The van der Waals surface area contributed by atoms with Crippen LogP contribution in [0.5, 0.6) is 0 Å². The lowest BCUT2D eigenvalue weighted by atomic mass is 10.2. The summed E-state index contributed by atoms with van der Waals surface area (Å²) in [4.78, 5) is 11.5. The van der Waals surface area contributed by atoms with E-state index in [2.05, 4.69) is 26.4 Å². The van der Waals surface area contributed by atoms with Crippen LogP contribution < -0.4 is 16.2 Å². The molecule has 0 saturated heterocycles. The summed E-state index contributed by atoms with van der Waals surface area (Å²) in [6, 6.07) is 9.69. The summed E-state index contributed by atoms with van der Waals surface area (Å²) in [5, 5.41) is 11.1. The van der Waals surface area contributed by atoms with Gasteiger partial charge >= 0.3 is 6.09 Å². The van der Waals surface area contributed by atoms with Crippen LogP contribution in [-0.2, 0) is 4.74 Å². The second-order valence-corrected chi connectivity index (χ2v) is 5.79. The molecule has 0 bridgehead atoms. The van der Waals surface area contributed by atoms with Crippen LogP contribution in [-0.4, -0.2) is 29.9 Å². The normalized spacial score (nSPS) is 14.1. The molecule has 22 heavy (non-hydrogen) atoms. The number of hydrogen-bond donors (Lipinski definition) is 3. The summed E-state index contributed by atoms with van der Waals surface area (Å²) in [6.07, 6.45) is 0.0861. The molecular weight excluding hydrogens is 282 g/mol. The first-order chi connectivity index (χ1) is 10.4. The summed E-state index contributed by atoms with van der Waals surface area (Å²) in [5.74, 6) is 1.31. The van der Waals surface area contributed by atoms with Gasteiger partial charge in [-0.3, -0.25) is 10.9 Å². The predicted octanol–water partition coefficient (Wildman–Crippen LogP) is 1.77. The van der Waals surface area contributed by atoms with Gasteiger partial charge in [-0.15, -0.1) is 0 Å². The van der Waals surface area contributed by atoms with Gasteiger partial charge in [0.05, 0.1) is 0 Å². The number of nitrogens with one attached hydrogen (secondary N) is 3. The van der Waals surface area contributed by atoms with Gasteiger partial charge in [0.15, 0.2) is 5.84 Å². The van der Waals surface area contributed by atoms with Crippen molar-refractivity contribution < 1.29 is 9.53 Å². The number of amides is 1. The van der Waals surface area contributed by atoms with Gasteiger partial charge in [-0.2, -0.15) is 10.2 Å². The molecule has 1 amide bonds. The van der Waals surface area contributed by atoms with Crippen LogP contribution in [0.2, 0.25) is 0 Å². The Morgan fingerprint density at radius 3 is 2.50 bits per heavy atom. The molecule has 0 unspecified atom stereocenters. The van der Waals surface area contributed by atoms with E-state index in [1.165, 1.54) is 0 Å². The molecule has 0 radical (unpaired) electrons. The third-order valence-electron chi connectivity index (χ3n) is 2.67. The fraction of sp³-hybridized carbons (Fsp3) is 0.400. The van der Waals surface area contributed by atoms with Crippen molar-refractivity contribution >= 4 is 17.8 Å². The Kier molecular flexibility index (Phi) is 4.98. The maximum Gasteiger partial charge on any atom is 0.407 e. The first-order valence-electron chi connectivity index (χ1n) is 7.12. The SMILES string of the molecule is CC(C)(C)OC(=O)NCCC1=NNC(c2ccccc2)=NN1. The molecule has 0 fully saturated rings. The first-order valence-corrected chi connectivity index (χ1v) is 7.12. The third kappa shape index (κ3) is 5.08. The summed E-state index contributed by atoms with van der Waals surface area (Å²) in [5.41, 5.74) is 6.22. The molecule has 1 aromatic rings. The van der Waals surface area contributed by atoms with Gasteiger partial charge < -0.3 is 10.1 Å². The third-order valence-corrected chi connectivity index (χ3v) is 2.67. The number of benzene rings is 1. The van der Waals surface area contributed by atoms with E-state index >= 15 is 0 Å². The van der Waals surface area contributed by atoms with Gasteiger partial charge in [0.25, 0.3) is 0 Å². The summed E-state index contributed by atoms with van der Waals surface area (Å²) >= 11 is 0. The second-order valence-electron chi connectivity index (χ2n) is 5.79. The smallest absolute Gasteiger partial charge is 0.407 e. The molecule has 0 aromatic heterocycles. The number of rotatable bonds is 4. The van der Waals surface area contributed by atoms with Crippen LogP contribution in [0.3, 0.4) is 0 Å². The molecule has 7 nitrogen and oxygen atoms in total. The summed E-state index contributed by atoms with van der Waals surface area (Å²) < 4.78 is 5.15. The van der Waals surface area contributed by atoms with Crippen molar-refractivity contribution in [3.63, 3.8) is 0 Å². The van der Waals surface area contributed by atoms with E-state index in [0.29, 0.717) is 24.6 Å². The van der Waals surface area contributed by atoms with Crippen molar-refractivity contribution in [3.8, 4) is 0 Å². The second kappa shape index (κ2) is 6.93. The fourth-order valence-corrected chi connectivity index (χ4v) is 1.72. The number of alkyl carbamates (subject to hydrolysis) is 1. The number of nitrogens with zero attached hydrogens (tertiary/aromatic N) is 2. The van der Waals surface area contributed by atoms with Gasteiger partial charge in [0.1, 0.15) is 11.4 Å². The fourth-order valence-electron chi connectivity index (χ4n) is 1.72. The molecule has 0 saturated carbocycles. The monoisotopic (exact) mass is 303 g/mol. The molecule has 0 aliphatic carbocycles. The summed E-state index contributed by atoms with van der Waals surface area (Å²) in [7, 11) is 0. The van der Waals surface area contributed by atoms with Crippen LogP contribution in [0.15, 0.2) is 40.5 Å². The highest BCUT2D eigenvalue weighted by molar-refractivity contribution is 6.01. The molecule has 0 spiro atoms. The molecular formula is C15H21N5O2. The van der Waals surface area contributed by atoms with E-state index < -0.39 is 11.7 Å². The first kappa shape index (κ1) is 15.8. The molecule has 1 aliphatic rings. The van der Waals surface area contributed by atoms with E-state index in [1.54, 1.807) is 0 Å². The van der Waals surface area contributed by atoms with Crippen LogP contribution >= 0.6 is 0 Å². The van der Waals surface area contributed by atoms with E-state index in [0.717, 1.165) is 5.56 Å². The number of hydrogen-bond acceptors (Lipinski definition) is 6. The lowest BCUT2D eigenvalue weighted by Gasteiger charge is -2.20. The van der Waals surface area contributed by atoms with Crippen LogP contribution in [0, 0.1) is 0 Å². The Morgan fingerprint density at radius 1 is 1.18 bits per heavy atom. The Bertz CT molecular complexity index is 575. The van der Waals surface area contributed by atoms with Gasteiger partial charge in [0, 0.05) is 18.5 Å². The lowest BCUT2D eigenvalue weighted by Crippen LogP contribution is -2.37. The minimum Gasteiger partial charge on any atom is -0.444 e. The molecule has 1 heterocycles. The Morgan fingerprint density at radius 2 is 1.91 bits per heavy atom. The molecule has 7 heteroatoms. The van der Waals surface area contributed by atoms with E-state index in [4.69, 9.17) is 4.74 Å². The van der Waals surface area contributed by atoms with Gasteiger partial charge in [-0.1, -0.05) is 30.3 Å². The zero-order valence-electron chi connectivity index (χ0n) is 13.0. The minimum atomic E-state index is -0.499. The Balaban J connectivity index is 1.74. The average Bonchev–Trinajstić information content (AvgIpc) is 2.47.